The molecule has 0 amide bonds. The lowest BCUT2D eigenvalue weighted by molar-refractivity contribution is 0.360. The van der Waals surface area contributed by atoms with Crippen LogP contribution >= 0.6 is 0 Å². The first kappa shape index (κ1) is 29.2. The SMILES string of the molecule is c1ccc(-c2ccc(-c3cc(-c4ccc5c(c4)Oc4cc(-c6ccccn6)c(-c6ccccn6)cc4O5)nc(-c4ccccc4)n3)cc2)cc1. The third kappa shape index (κ3) is 5.65. The van der Waals surface area contributed by atoms with E-state index >= 15 is 0 Å². The van der Waals surface area contributed by atoms with Crippen molar-refractivity contribution < 1.29 is 9.47 Å². The van der Waals surface area contributed by atoms with Crippen LogP contribution in [0.4, 0.5) is 0 Å². The first-order valence-electron chi connectivity index (χ1n) is 16.4. The molecule has 9 rings (SSSR count). The Morgan fingerprint density at radius 2 is 0.800 bits per heavy atom. The molecule has 0 saturated heterocycles. The van der Waals surface area contributed by atoms with Crippen LogP contribution in [0.1, 0.15) is 0 Å². The number of nitrogens with zero attached hydrogens (tertiary/aromatic N) is 4. The minimum absolute atomic E-state index is 0.598. The van der Waals surface area contributed by atoms with Crippen LogP contribution in [-0.2, 0) is 0 Å². The van der Waals surface area contributed by atoms with E-state index in [1.165, 1.54) is 5.56 Å². The molecule has 0 spiro atoms. The molecule has 50 heavy (non-hydrogen) atoms. The molecule has 0 bridgehead atoms. The molecule has 0 unspecified atom stereocenters. The van der Waals surface area contributed by atoms with E-state index in [0.29, 0.717) is 28.8 Å². The van der Waals surface area contributed by atoms with E-state index in [1.807, 2.05) is 109 Å². The summed E-state index contributed by atoms with van der Waals surface area (Å²) in [5.74, 6) is 3.07. The molecule has 1 aliphatic rings. The Bertz CT molecular complexity index is 2450. The van der Waals surface area contributed by atoms with Crippen molar-refractivity contribution in [2.45, 2.75) is 0 Å². The minimum Gasteiger partial charge on any atom is -0.449 e. The van der Waals surface area contributed by atoms with Crippen LogP contribution in [0.15, 0.2) is 170 Å². The fraction of sp³-hybridized carbons (Fsp3) is 0. The van der Waals surface area contributed by atoms with Gasteiger partial charge >= 0.3 is 0 Å². The van der Waals surface area contributed by atoms with E-state index in [9.17, 15) is 0 Å². The van der Waals surface area contributed by atoms with Gasteiger partial charge < -0.3 is 9.47 Å². The number of aromatic nitrogens is 4. The molecule has 0 fully saturated rings. The second-order valence-electron chi connectivity index (χ2n) is 11.9. The molecule has 1 aliphatic heterocycles. The molecule has 0 radical (unpaired) electrons. The van der Waals surface area contributed by atoms with Crippen molar-refractivity contribution in [3.8, 4) is 90.5 Å². The topological polar surface area (TPSA) is 70.0 Å². The lowest BCUT2D eigenvalue weighted by atomic mass is 9.99. The average Bonchev–Trinajstić information content (AvgIpc) is 3.20. The first-order chi connectivity index (χ1) is 24.7. The lowest BCUT2D eigenvalue weighted by Gasteiger charge is -2.23. The second kappa shape index (κ2) is 12.6. The Labute approximate surface area is 289 Å². The highest BCUT2D eigenvalue weighted by Crippen LogP contribution is 2.50. The predicted molar refractivity (Wildman–Crippen MR) is 197 cm³/mol. The van der Waals surface area contributed by atoms with Crippen molar-refractivity contribution in [3.63, 3.8) is 0 Å². The van der Waals surface area contributed by atoms with Gasteiger partial charge in [0.15, 0.2) is 28.8 Å². The van der Waals surface area contributed by atoms with Crippen molar-refractivity contribution in [2.24, 2.45) is 0 Å². The highest BCUT2D eigenvalue weighted by molar-refractivity contribution is 5.84. The van der Waals surface area contributed by atoms with Gasteiger partial charge in [-0.25, -0.2) is 9.97 Å². The van der Waals surface area contributed by atoms with E-state index < -0.39 is 0 Å². The Kier molecular flexibility index (Phi) is 7.37. The van der Waals surface area contributed by atoms with E-state index in [2.05, 4.69) is 58.5 Å². The third-order valence-electron chi connectivity index (χ3n) is 8.69. The molecule has 6 nitrogen and oxygen atoms in total. The van der Waals surface area contributed by atoms with Crippen LogP contribution in [0, 0.1) is 0 Å². The molecule has 0 atom stereocenters. The Morgan fingerprint density at radius 1 is 0.320 bits per heavy atom. The number of hydrogen-bond donors (Lipinski definition) is 0. The van der Waals surface area contributed by atoms with E-state index in [4.69, 9.17) is 19.4 Å². The predicted octanol–water partition coefficient (Wildman–Crippen LogP) is 11.2. The third-order valence-corrected chi connectivity index (χ3v) is 8.69. The fourth-order valence-corrected chi connectivity index (χ4v) is 6.18. The molecule has 0 N–H and O–H groups in total. The minimum atomic E-state index is 0.598. The van der Waals surface area contributed by atoms with Gasteiger partial charge in [-0.05, 0) is 71.8 Å². The zero-order valence-electron chi connectivity index (χ0n) is 26.8. The summed E-state index contributed by atoms with van der Waals surface area (Å²) < 4.78 is 13.0. The van der Waals surface area contributed by atoms with Crippen LogP contribution in [0.25, 0.3) is 67.5 Å². The first-order valence-corrected chi connectivity index (χ1v) is 16.4. The normalized spacial score (nSPS) is 11.5. The summed E-state index contributed by atoms with van der Waals surface area (Å²) in [6, 6.07) is 52.5. The molecule has 236 valence electrons. The van der Waals surface area contributed by atoms with Gasteiger partial charge in [-0.2, -0.15) is 0 Å². The molecule has 8 aromatic rings. The zero-order valence-corrected chi connectivity index (χ0v) is 26.8. The molecule has 0 saturated carbocycles. The average molecular weight is 645 g/mol. The maximum Gasteiger partial charge on any atom is 0.170 e. The smallest absolute Gasteiger partial charge is 0.170 e. The van der Waals surface area contributed by atoms with Gasteiger partial charge in [0.05, 0.1) is 22.8 Å². The van der Waals surface area contributed by atoms with Gasteiger partial charge in [0.2, 0.25) is 0 Å². The molecule has 0 aliphatic carbocycles. The molecule has 3 aromatic heterocycles. The number of pyridine rings is 2. The van der Waals surface area contributed by atoms with E-state index in [-0.39, 0.29) is 0 Å². The van der Waals surface area contributed by atoms with Gasteiger partial charge in [-0.15, -0.1) is 0 Å². The summed E-state index contributed by atoms with van der Waals surface area (Å²) in [5.41, 5.74) is 10.2. The Hall–Kier alpha value is -6.92. The van der Waals surface area contributed by atoms with E-state index in [0.717, 1.165) is 56.2 Å². The highest BCUT2D eigenvalue weighted by atomic mass is 16.6. The molecule has 4 heterocycles. The monoisotopic (exact) mass is 644 g/mol. The number of fused-ring (bicyclic) bond motifs is 2. The van der Waals surface area contributed by atoms with Gasteiger partial charge in [-0.1, -0.05) is 97.1 Å². The van der Waals surface area contributed by atoms with Crippen LogP contribution < -0.4 is 9.47 Å². The van der Waals surface area contributed by atoms with Crippen molar-refractivity contribution >= 4 is 0 Å². The summed E-state index contributed by atoms with van der Waals surface area (Å²) in [6.45, 7) is 0. The largest absolute Gasteiger partial charge is 0.449 e. The summed E-state index contributed by atoms with van der Waals surface area (Å²) in [6.07, 6.45) is 3.57. The Balaban J connectivity index is 1.11. The second-order valence-corrected chi connectivity index (χ2v) is 11.9. The number of rotatable bonds is 6. The van der Waals surface area contributed by atoms with Crippen molar-refractivity contribution in [3.05, 3.63) is 170 Å². The summed E-state index contributed by atoms with van der Waals surface area (Å²) >= 11 is 0. The fourth-order valence-electron chi connectivity index (χ4n) is 6.18. The van der Waals surface area contributed by atoms with Crippen LogP contribution in [0.2, 0.25) is 0 Å². The van der Waals surface area contributed by atoms with Gasteiger partial charge in [-0.3, -0.25) is 9.97 Å². The molecular formula is C44H28N4O2. The van der Waals surface area contributed by atoms with Gasteiger partial charge in [0, 0.05) is 40.2 Å². The van der Waals surface area contributed by atoms with Crippen LogP contribution in [-0.4, -0.2) is 19.9 Å². The number of hydrogen-bond acceptors (Lipinski definition) is 6. The standard InChI is InChI=1S/C44H28N4O2/c1-3-11-29(12-4-1)30-17-19-31(20-18-30)38-28-39(48-44(47-38)32-13-5-2-6-14-32)33-21-22-40-41(25-33)50-43-27-35(37-16-8-10-24-46-37)34(26-42(43)49-40)36-15-7-9-23-45-36/h1-28H. The Morgan fingerprint density at radius 3 is 1.40 bits per heavy atom. The quantitative estimate of drug-likeness (QED) is 0.179. The van der Waals surface area contributed by atoms with Crippen LogP contribution in [0.5, 0.6) is 23.0 Å². The van der Waals surface area contributed by atoms with Crippen molar-refractivity contribution in [2.75, 3.05) is 0 Å². The molecule has 6 heteroatoms. The molecule has 5 aromatic carbocycles. The number of ether oxygens (including phenoxy) is 2. The maximum atomic E-state index is 6.56. The number of benzene rings is 5. The van der Waals surface area contributed by atoms with E-state index in [1.54, 1.807) is 12.4 Å². The summed E-state index contributed by atoms with van der Waals surface area (Å²) in [7, 11) is 0. The summed E-state index contributed by atoms with van der Waals surface area (Å²) in [5, 5.41) is 0. The molecular weight excluding hydrogens is 617 g/mol. The maximum absolute atomic E-state index is 6.56. The zero-order chi connectivity index (χ0) is 33.3. The lowest BCUT2D eigenvalue weighted by Crippen LogP contribution is -2.02. The van der Waals surface area contributed by atoms with Crippen molar-refractivity contribution in [1.82, 2.24) is 19.9 Å². The van der Waals surface area contributed by atoms with Gasteiger partial charge in [0.25, 0.3) is 0 Å². The van der Waals surface area contributed by atoms with Crippen LogP contribution in [0.3, 0.4) is 0 Å². The highest BCUT2D eigenvalue weighted by Gasteiger charge is 2.24. The van der Waals surface area contributed by atoms with Crippen molar-refractivity contribution in [1.29, 1.82) is 0 Å². The van der Waals surface area contributed by atoms with Gasteiger partial charge in [0.1, 0.15) is 0 Å². The summed E-state index contributed by atoms with van der Waals surface area (Å²) in [4.78, 5) is 19.3.